The lowest BCUT2D eigenvalue weighted by molar-refractivity contribution is -0.118. The third-order valence-corrected chi connectivity index (χ3v) is 2.03. The average Bonchev–Trinajstić information content (AvgIpc) is 2.59. The maximum absolute atomic E-state index is 10.9. The smallest absolute Gasteiger partial charge is 0.235 e. The van der Waals surface area contributed by atoms with Crippen molar-refractivity contribution in [1.82, 2.24) is 20.8 Å². The highest BCUT2D eigenvalue weighted by molar-refractivity contribution is 5.81. The van der Waals surface area contributed by atoms with Crippen molar-refractivity contribution in [3.05, 3.63) is 18.0 Å². The predicted molar refractivity (Wildman–Crippen MR) is 42.1 cm³/mol. The number of hydrogen-bond donors (Lipinski definition) is 3. The predicted octanol–water partition coefficient (Wildman–Crippen LogP) is -0.698. The number of carbonyl (C=O) groups excluding carboxylic acids is 1. The summed E-state index contributed by atoms with van der Waals surface area (Å²) in [6, 6.07) is 1.83. The van der Waals surface area contributed by atoms with Gasteiger partial charge < -0.3 is 5.32 Å². The third kappa shape index (κ3) is 0.984. The molecular formula is C7H10N4O. The third-order valence-electron chi connectivity index (χ3n) is 2.03. The summed E-state index contributed by atoms with van der Waals surface area (Å²) in [5.74, 6) is 0.00657. The summed E-state index contributed by atoms with van der Waals surface area (Å²) in [4.78, 5) is 10.9. The van der Waals surface area contributed by atoms with Crippen LogP contribution in [0.15, 0.2) is 12.3 Å². The molecule has 12 heavy (non-hydrogen) atoms. The van der Waals surface area contributed by atoms with Gasteiger partial charge in [0.1, 0.15) is 5.66 Å². The van der Waals surface area contributed by atoms with Crippen LogP contribution in [0.2, 0.25) is 0 Å². The van der Waals surface area contributed by atoms with E-state index < -0.39 is 5.66 Å². The zero-order valence-electron chi connectivity index (χ0n) is 6.72. The van der Waals surface area contributed by atoms with E-state index in [1.807, 2.05) is 13.0 Å². The first kappa shape index (κ1) is 7.30. The minimum absolute atomic E-state index is 0.00657. The number of nitrogens with one attached hydrogen (secondary N) is 3. The van der Waals surface area contributed by atoms with E-state index in [0.717, 1.165) is 5.69 Å². The van der Waals surface area contributed by atoms with Gasteiger partial charge in [-0.15, -0.1) is 0 Å². The van der Waals surface area contributed by atoms with Crippen molar-refractivity contribution >= 4 is 5.91 Å². The number of carbonyl (C=O) groups is 1. The summed E-state index contributed by atoms with van der Waals surface area (Å²) in [5, 5.41) is 12.5. The molecule has 0 aromatic carbocycles. The molecule has 5 heteroatoms. The van der Waals surface area contributed by atoms with Crippen LogP contribution in [0.5, 0.6) is 0 Å². The molecule has 2 rings (SSSR count). The fourth-order valence-electron chi connectivity index (χ4n) is 1.32. The Morgan fingerprint density at radius 2 is 2.50 bits per heavy atom. The van der Waals surface area contributed by atoms with Crippen LogP contribution in [-0.2, 0) is 10.5 Å². The lowest BCUT2D eigenvalue weighted by Crippen LogP contribution is -2.43. The molecular weight excluding hydrogens is 156 g/mol. The van der Waals surface area contributed by atoms with E-state index >= 15 is 0 Å². The maximum Gasteiger partial charge on any atom is 0.235 e. The molecule has 1 aliphatic rings. The van der Waals surface area contributed by atoms with Crippen molar-refractivity contribution in [3.63, 3.8) is 0 Å². The Labute approximate surface area is 69.5 Å². The van der Waals surface area contributed by atoms with Gasteiger partial charge in [0.25, 0.3) is 0 Å². The van der Waals surface area contributed by atoms with Crippen LogP contribution in [0.25, 0.3) is 0 Å². The number of hydrogen-bond acceptors (Lipinski definition) is 3. The number of rotatable bonds is 1. The van der Waals surface area contributed by atoms with E-state index in [9.17, 15) is 4.79 Å². The summed E-state index contributed by atoms with van der Waals surface area (Å²) in [7, 11) is 0. The summed E-state index contributed by atoms with van der Waals surface area (Å²) in [6.45, 7) is 2.25. The molecule has 0 spiro atoms. The van der Waals surface area contributed by atoms with E-state index in [4.69, 9.17) is 0 Å². The molecule has 0 aliphatic carbocycles. The fourth-order valence-corrected chi connectivity index (χ4v) is 1.32. The fraction of sp³-hybridized carbons (Fsp3) is 0.429. The highest BCUT2D eigenvalue weighted by Gasteiger charge is 2.34. The first-order valence-corrected chi connectivity index (χ1v) is 3.77. The maximum atomic E-state index is 10.9. The van der Waals surface area contributed by atoms with Crippen molar-refractivity contribution in [2.45, 2.75) is 12.6 Å². The molecule has 0 bridgehead atoms. The van der Waals surface area contributed by atoms with Crippen LogP contribution in [-0.4, -0.2) is 22.6 Å². The number of aromatic nitrogens is 2. The minimum Gasteiger partial charge on any atom is -0.332 e. The number of aromatic amines is 1. The summed E-state index contributed by atoms with van der Waals surface area (Å²) >= 11 is 0. The molecule has 1 aromatic rings. The molecule has 5 nitrogen and oxygen atoms in total. The van der Waals surface area contributed by atoms with Crippen LogP contribution in [0.4, 0.5) is 0 Å². The topological polar surface area (TPSA) is 69.8 Å². The first-order chi connectivity index (χ1) is 5.71. The second-order valence-electron chi connectivity index (χ2n) is 3.00. The molecule has 64 valence electrons. The Balaban J connectivity index is 2.28. The van der Waals surface area contributed by atoms with Gasteiger partial charge in [-0.3, -0.25) is 15.2 Å². The molecule has 1 saturated heterocycles. The van der Waals surface area contributed by atoms with Crippen LogP contribution in [0.3, 0.4) is 0 Å². The number of H-pyrrole nitrogens is 1. The van der Waals surface area contributed by atoms with Gasteiger partial charge in [0.2, 0.25) is 5.91 Å². The Kier molecular flexibility index (Phi) is 1.41. The zero-order chi connectivity index (χ0) is 8.60. The second-order valence-corrected chi connectivity index (χ2v) is 3.00. The molecule has 1 unspecified atom stereocenters. The van der Waals surface area contributed by atoms with Crippen LogP contribution in [0.1, 0.15) is 12.6 Å². The van der Waals surface area contributed by atoms with Gasteiger partial charge in [-0.05, 0) is 13.0 Å². The van der Waals surface area contributed by atoms with Gasteiger partial charge in [0, 0.05) is 6.20 Å². The zero-order valence-corrected chi connectivity index (χ0v) is 6.72. The molecule has 0 radical (unpaired) electrons. The minimum atomic E-state index is -0.479. The Morgan fingerprint density at radius 1 is 1.67 bits per heavy atom. The van der Waals surface area contributed by atoms with Crippen LogP contribution in [0, 0.1) is 0 Å². The van der Waals surface area contributed by atoms with Gasteiger partial charge in [0.15, 0.2) is 0 Å². The highest BCUT2D eigenvalue weighted by atomic mass is 16.2. The monoisotopic (exact) mass is 166 g/mol. The molecule has 1 atom stereocenters. The highest BCUT2D eigenvalue weighted by Crippen LogP contribution is 2.16. The average molecular weight is 166 g/mol. The summed E-state index contributed by atoms with van der Waals surface area (Å²) < 4.78 is 0. The van der Waals surface area contributed by atoms with E-state index in [2.05, 4.69) is 20.8 Å². The number of nitrogens with zero attached hydrogens (tertiary/aromatic N) is 1. The van der Waals surface area contributed by atoms with Crippen molar-refractivity contribution in [2.75, 3.05) is 6.54 Å². The Hall–Kier alpha value is -1.36. The SMILES string of the molecule is CC1(c2ccn[nH]2)NCC(=O)N1. The van der Waals surface area contributed by atoms with E-state index in [1.54, 1.807) is 6.20 Å². The second kappa shape index (κ2) is 2.31. The summed E-state index contributed by atoms with van der Waals surface area (Å²) in [6.07, 6.45) is 1.66. The van der Waals surface area contributed by atoms with Crippen LogP contribution < -0.4 is 10.6 Å². The van der Waals surface area contributed by atoms with Crippen molar-refractivity contribution in [3.8, 4) is 0 Å². The molecule has 2 heterocycles. The first-order valence-electron chi connectivity index (χ1n) is 3.77. The Bertz CT molecular complexity index is 294. The molecule has 1 fully saturated rings. The largest absolute Gasteiger partial charge is 0.332 e. The van der Waals surface area contributed by atoms with Crippen molar-refractivity contribution < 1.29 is 4.79 Å². The van der Waals surface area contributed by atoms with E-state index in [1.165, 1.54) is 0 Å². The quantitative estimate of drug-likeness (QED) is 0.516. The van der Waals surface area contributed by atoms with Crippen molar-refractivity contribution in [2.24, 2.45) is 0 Å². The van der Waals surface area contributed by atoms with E-state index in [-0.39, 0.29) is 5.91 Å². The lowest BCUT2D eigenvalue weighted by atomic mass is 10.1. The van der Waals surface area contributed by atoms with Gasteiger partial charge >= 0.3 is 0 Å². The van der Waals surface area contributed by atoms with Gasteiger partial charge in [-0.25, -0.2) is 0 Å². The standard InChI is InChI=1S/C7H10N4O/c1-7(5-2-3-9-11-5)8-4-6(12)10-7/h2-3,8H,4H2,1H3,(H,9,11)(H,10,12). The number of amides is 1. The van der Waals surface area contributed by atoms with Crippen molar-refractivity contribution in [1.29, 1.82) is 0 Å². The van der Waals surface area contributed by atoms with Gasteiger partial charge in [-0.2, -0.15) is 5.10 Å². The Morgan fingerprint density at radius 3 is 3.00 bits per heavy atom. The lowest BCUT2D eigenvalue weighted by Gasteiger charge is -2.21. The van der Waals surface area contributed by atoms with Gasteiger partial charge in [-0.1, -0.05) is 0 Å². The molecule has 3 N–H and O–H groups in total. The molecule has 1 amide bonds. The molecule has 0 saturated carbocycles. The van der Waals surface area contributed by atoms with Gasteiger partial charge in [0.05, 0.1) is 12.2 Å². The molecule has 1 aliphatic heterocycles. The summed E-state index contributed by atoms with van der Waals surface area (Å²) in [5.41, 5.74) is 0.390. The van der Waals surface area contributed by atoms with E-state index in [0.29, 0.717) is 6.54 Å². The molecule has 1 aromatic heterocycles. The normalized spacial score (nSPS) is 28.9. The van der Waals surface area contributed by atoms with Crippen LogP contribution >= 0.6 is 0 Å².